The maximum atomic E-state index is 13.8. The Bertz CT molecular complexity index is 714. The molecule has 0 saturated carbocycles. The van der Waals surface area contributed by atoms with Gasteiger partial charge in [0.25, 0.3) is 0 Å². The highest BCUT2D eigenvalue weighted by Crippen LogP contribution is 2.19. The van der Waals surface area contributed by atoms with Crippen molar-refractivity contribution < 1.29 is 13.9 Å². The molecule has 1 saturated heterocycles. The van der Waals surface area contributed by atoms with E-state index in [1.54, 1.807) is 17.1 Å². The van der Waals surface area contributed by atoms with Crippen molar-refractivity contribution in [2.45, 2.75) is 19.5 Å². The van der Waals surface area contributed by atoms with Crippen molar-refractivity contribution in [2.75, 3.05) is 33.3 Å². The number of hydrogen-bond donors (Lipinski definition) is 0. The van der Waals surface area contributed by atoms with Crippen LogP contribution in [-0.2, 0) is 11.3 Å². The third-order valence-electron chi connectivity index (χ3n) is 4.50. The molecular formula is C17H22FN5O2. The number of halogens is 1. The van der Waals surface area contributed by atoms with Gasteiger partial charge in [-0.3, -0.25) is 9.69 Å². The molecule has 0 radical (unpaired) electrons. The molecule has 0 N–H and O–H groups in total. The van der Waals surface area contributed by atoms with Gasteiger partial charge in [-0.2, -0.15) is 5.10 Å². The van der Waals surface area contributed by atoms with Crippen LogP contribution in [0.25, 0.3) is 0 Å². The molecule has 2 aromatic rings. The summed E-state index contributed by atoms with van der Waals surface area (Å²) in [4.78, 5) is 20.5. The quantitative estimate of drug-likeness (QED) is 0.817. The number of piperazine rings is 1. The summed E-state index contributed by atoms with van der Waals surface area (Å²) in [5, 5.41) is 4.03. The fraction of sp³-hybridized carbons (Fsp3) is 0.471. The number of nitrogens with zero attached hydrogens (tertiary/aromatic N) is 5. The van der Waals surface area contributed by atoms with Crippen LogP contribution in [0, 0.1) is 5.82 Å². The van der Waals surface area contributed by atoms with Crippen molar-refractivity contribution in [3.63, 3.8) is 0 Å². The maximum absolute atomic E-state index is 13.8. The summed E-state index contributed by atoms with van der Waals surface area (Å²) in [5.74, 6) is -0.0580. The lowest BCUT2D eigenvalue weighted by Crippen LogP contribution is -2.49. The Labute approximate surface area is 146 Å². The highest BCUT2D eigenvalue weighted by molar-refractivity contribution is 5.80. The molecule has 134 valence electrons. The third-order valence-corrected chi connectivity index (χ3v) is 4.50. The van der Waals surface area contributed by atoms with Crippen molar-refractivity contribution in [2.24, 2.45) is 0 Å². The van der Waals surface area contributed by atoms with Crippen molar-refractivity contribution in [1.29, 1.82) is 0 Å². The molecule has 0 bridgehead atoms. The van der Waals surface area contributed by atoms with E-state index in [4.69, 9.17) is 4.74 Å². The van der Waals surface area contributed by atoms with E-state index in [9.17, 15) is 9.18 Å². The van der Waals surface area contributed by atoms with E-state index in [2.05, 4.69) is 15.0 Å². The first-order valence-electron chi connectivity index (χ1n) is 8.26. The van der Waals surface area contributed by atoms with Crippen LogP contribution < -0.4 is 4.74 Å². The molecule has 25 heavy (non-hydrogen) atoms. The van der Waals surface area contributed by atoms with Crippen LogP contribution in [-0.4, -0.2) is 63.8 Å². The number of hydrogen-bond acceptors (Lipinski definition) is 5. The second-order valence-corrected chi connectivity index (χ2v) is 6.12. The lowest BCUT2D eigenvalue weighted by atomic mass is 10.1. The van der Waals surface area contributed by atoms with Crippen molar-refractivity contribution in [3.8, 4) is 5.75 Å². The fourth-order valence-corrected chi connectivity index (χ4v) is 2.99. The highest BCUT2D eigenvalue weighted by atomic mass is 19.1. The summed E-state index contributed by atoms with van der Waals surface area (Å²) >= 11 is 0. The van der Waals surface area contributed by atoms with Gasteiger partial charge in [-0.15, -0.1) is 0 Å². The van der Waals surface area contributed by atoms with E-state index >= 15 is 0 Å². The van der Waals surface area contributed by atoms with Crippen LogP contribution in [0.1, 0.15) is 18.5 Å². The summed E-state index contributed by atoms with van der Waals surface area (Å²) in [7, 11) is 1.45. The van der Waals surface area contributed by atoms with Gasteiger partial charge < -0.3 is 9.64 Å². The summed E-state index contributed by atoms with van der Waals surface area (Å²) in [6.45, 7) is 5.28. The number of amides is 1. The number of ether oxygens (including phenoxy) is 1. The molecule has 3 rings (SSSR count). The van der Waals surface area contributed by atoms with Crippen LogP contribution >= 0.6 is 0 Å². The van der Waals surface area contributed by atoms with Crippen LogP contribution in [0.4, 0.5) is 4.39 Å². The van der Waals surface area contributed by atoms with Gasteiger partial charge in [-0.05, 0) is 24.6 Å². The molecule has 8 heteroatoms. The highest BCUT2D eigenvalue weighted by Gasteiger charge is 2.26. The Morgan fingerprint density at radius 3 is 2.68 bits per heavy atom. The molecule has 1 aliphatic heterocycles. The normalized spacial score (nSPS) is 16.7. The molecule has 1 atom stereocenters. The first-order valence-corrected chi connectivity index (χ1v) is 8.26. The summed E-state index contributed by atoms with van der Waals surface area (Å²) < 4.78 is 20.3. The largest absolute Gasteiger partial charge is 0.494 e. The monoisotopic (exact) mass is 347 g/mol. The zero-order valence-electron chi connectivity index (χ0n) is 14.4. The second-order valence-electron chi connectivity index (χ2n) is 6.12. The standard InChI is InChI=1S/C17H22FN5O2/c1-13(23-12-19-11-20-23)17(24)22-7-5-21(6-8-22)10-14-3-4-16(25-2)15(18)9-14/h3-4,9,11-13H,5-8,10H2,1-2H3. The molecular weight excluding hydrogens is 325 g/mol. The van der Waals surface area contributed by atoms with Gasteiger partial charge in [0.1, 0.15) is 18.7 Å². The van der Waals surface area contributed by atoms with Crippen molar-refractivity contribution in [3.05, 3.63) is 42.2 Å². The van der Waals surface area contributed by atoms with E-state index in [0.717, 1.165) is 18.7 Å². The Morgan fingerprint density at radius 1 is 1.32 bits per heavy atom. The topological polar surface area (TPSA) is 63.5 Å². The Morgan fingerprint density at radius 2 is 2.08 bits per heavy atom. The number of methoxy groups -OCH3 is 1. The Balaban J connectivity index is 1.53. The van der Waals surface area contributed by atoms with Crippen LogP contribution in [0.2, 0.25) is 0 Å². The predicted octanol–water partition coefficient (Wildman–Crippen LogP) is 1.33. The molecule has 1 aromatic heterocycles. The Hall–Kier alpha value is -2.48. The molecule has 0 spiro atoms. The zero-order chi connectivity index (χ0) is 17.8. The molecule has 1 fully saturated rings. The maximum Gasteiger partial charge on any atom is 0.247 e. The average molecular weight is 347 g/mol. The van der Waals surface area contributed by atoms with Gasteiger partial charge in [0.15, 0.2) is 11.6 Å². The fourth-order valence-electron chi connectivity index (χ4n) is 2.99. The predicted molar refractivity (Wildman–Crippen MR) is 89.5 cm³/mol. The van der Waals surface area contributed by atoms with Crippen LogP contribution in [0.3, 0.4) is 0 Å². The van der Waals surface area contributed by atoms with Gasteiger partial charge in [0.2, 0.25) is 5.91 Å². The minimum atomic E-state index is -0.357. The third kappa shape index (κ3) is 3.96. The number of carbonyl (C=O) groups excluding carboxylic acids is 1. The van der Waals surface area contributed by atoms with E-state index in [-0.39, 0.29) is 23.5 Å². The molecule has 2 heterocycles. The first kappa shape index (κ1) is 17.3. The zero-order valence-corrected chi connectivity index (χ0v) is 14.4. The van der Waals surface area contributed by atoms with Gasteiger partial charge in [-0.25, -0.2) is 14.1 Å². The number of benzene rings is 1. The lowest BCUT2D eigenvalue weighted by Gasteiger charge is -2.35. The average Bonchev–Trinajstić information content (AvgIpc) is 3.16. The number of aromatic nitrogens is 3. The van der Waals surface area contributed by atoms with Gasteiger partial charge in [0.05, 0.1) is 7.11 Å². The minimum Gasteiger partial charge on any atom is -0.494 e. The molecule has 1 aromatic carbocycles. The molecule has 1 amide bonds. The summed E-state index contributed by atoms with van der Waals surface area (Å²) in [6, 6.07) is 4.66. The summed E-state index contributed by atoms with van der Waals surface area (Å²) in [5.41, 5.74) is 0.897. The smallest absolute Gasteiger partial charge is 0.247 e. The van der Waals surface area contributed by atoms with Gasteiger partial charge >= 0.3 is 0 Å². The van der Waals surface area contributed by atoms with E-state index in [0.29, 0.717) is 19.6 Å². The van der Waals surface area contributed by atoms with Crippen molar-refractivity contribution >= 4 is 5.91 Å². The first-order chi connectivity index (χ1) is 12.1. The van der Waals surface area contributed by atoms with Crippen LogP contribution in [0.15, 0.2) is 30.9 Å². The molecule has 7 nitrogen and oxygen atoms in total. The molecule has 0 aliphatic carbocycles. The minimum absolute atomic E-state index is 0.0423. The molecule has 1 unspecified atom stereocenters. The number of carbonyl (C=O) groups is 1. The lowest BCUT2D eigenvalue weighted by molar-refractivity contribution is -0.136. The van der Waals surface area contributed by atoms with E-state index < -0.39 is 0 Å². The van der Waals surface area contributed by atoms with E-state index in [1.807, 2.05) is 17.9 Å². The summed E-state index contributed by atoms with van der Waals surface area (Å²) in [6.07, 6.45) is 2.98. The SMILES string of the molecule is COc1ccc(CN2CCN(C(=O)C(C)n3cncn3)CC2)cc1F. The van der Waals surface area contributed by atoms with Gasteiger partial charge in [0, 0.05) is 32.7 Å². The molecule has 1 aliphatic rings. The van der Waals surface area contributed by atoms with Crippen LogP contribution in [0.5, 0.6) is 5.75 Å². The van der Waals surface area contributed by atoms with E-state index in [1.165, 1.54) is 19.5 Å². The second kappa shape index (κ2) is 7.60. The Kier molecular flexibility index (Phi) is 5.28. The number of rotatable bonds is 5. The van der Waals surface area contributed by atoms with Crippen molar-refractivity contribution in [1.82, 2.24) is 24.6 Å². The van der Waals surface area contributed by atoms with Gasteiger partial charge in [-0.1, -0.05) is 6.07 Å².